The highest BCUT2D eigenvalue weighted by atomic mass is 32.2. The van der Waals surface area contributed by atoms with Gasteiger partial charge >= 0.3 is 0 Å². The number of rotatable bonds is 5. The summed E-state index contributed by atoms with van der Waals surface area (Å²) in [5.74, 6) is 1.90. The molecule has 0 unspecified atom stereocenters. The van der Waals surface area contributed by atoms with E-state index in [1.807, 2.05) is 73.0 Å². The van der Waals surface area contributed by atoms with E-state index in [4.69, 9.17) is 9.72 Å². The van der Waals surface area contributed by atoms with Gasteiger partial charge in [0, 0.05) is 29.4 Å². The van der Waals surface area contributed by atoms with Gasteiger partial charge in [0.25, 0.3) is 5.56 Å². The molecule has 5 rings (SSSR count). The van der Waals surface area contributed by atoms with Crippen LogP contribution in [-0.4, -0.2) is 31.0 Å². The van der Waals surface area contributed by atoms with Crippen molar-refractivity contribution >= 4 is 28.4 Å². The molecule has 32 heavy (non-hydrogen) atoms. The number of ether oxygens (including phenoxy) is 1. The summed E-state index contributed by atoms with van der Waals surface area (Å²) >= 11 is 1.47. The highest BCUT2D eigenvalue weighted by Gasteiger charge is 2.15. The van der Waals surface area contributed by atoms with E-state index in [0.29, 0.717) is 39.0 Å². The summed E-state index contributed by atoms with van der Waals surface area (Å²) in [6, 6.07) is 16.9. The molecule has 0 aliphatic rings. The van der Waals surface area contributed by atoms with Gasteiger partial charge in [-0.1, -0.05) is 30.0 Å². The molecule has 0 amide bonds. The molecule has 0 aliphatic heterocycles. The predicted octanol–water partition coefficient (Wildman–Crippen LogP) is 4.35. The number of aryl methyl sites for hydroxylation is 2. The Balaban J connectivity index is 1.60. The Morgan fingerprint density at radius 2 is 1.84 bits per heavy atom. The van der Waals surface area contributed by atoms with Crippen molar-refractivity contribution in [3.05, 3.63) is 88.2 Å². The lowest BCUT2D eigenvalue weighted by Gasteiger charge is -2.13. The van der Waals surface area contributed by atoms with Crippen LogP contribution in [0.3, 0.4) is 0 Å². The van der Waals surface area contributed by atoms with E-state index in [2.05, 4.69) is 9.97 Å². The van der Waals surface area contributed by atoms with Crippen LogP contribution in [0, 0.1) is 13.8 Å². The zero-order valence-corrected chi connectivity index (χ0v) is 18.8. The Morgan fingerprint density at radius 3 is 2.69 bits per heavy atom. The first-order valence-electron chi connectivity index (χ1n) is 10.1. The first-order chi connectivity index (χ1) is 15.5. The minimum Gasteiger partial charge on any atom is -0.497 e. The molecule has 3 heterocycles. The van der Waals surface area contributed by atoms with Crippen molar-refractivity contribution in [1.82, 2.24) is 23.9 Å². The summed E-state index contributed by atoms with van der Waals surface area (Å²) in [6.07, 6.45) is 1.99. The maximum atomic E-state index is 13.4. The molecule has 5 aromatic rings. The van der Waals surface area contributed by atoms with Crippen LogP contribution in [-0.2, 0) is 5.75 Å². The maximum absolute atomic E-state index is 13.4. The Bertz CT molecular complexity index is 1520. The van der Waals surface area contributed by atoms with Crippen LogP contribution in [0.15, 0.2) is 70.7 Å². The van der Waals surface area contributed by atoms with E-state index < -0.39 is 0 Å². The van der Waals surface area contributed by atoms with Crippen molar-refractivity contribution in [2.75, 3.05) is 7.11 Å². The summed E-state index contributed by atoms with van der Waals surface area (Å²) in [5.41, 5.74) is 4.14. The molecule has 0 saturated heterocycles. The number of nitrogens with zero attached hydrogens (tertiary/aromatic N) is 5. The van der Waals surface area contributed by atoms with Crippen molar-refractivity contribution in [2.45, 2.75) is 24.8 Å². The largest absolute Gasteiger partial charge is 0.497 e. The molecule has 0 saturated carbocycles. The number of thioether (sulfide) groups is 1. The molecule has 0 atom stereocenters. The number of benzene rings is 2. The first-order valence-corrected chi connectivity index (χ1v) is 11.1. The van der Waals surface area contributed by atoms with Crippen LogP contribution in [0.5, 0.6) is 5.75 Å². The number of hydrogen-bond donors (Lipinski definition) is 0. The Kier molecular flexibility index (Phi) is 5.14. The van der Waals surface area contributed by atoms with Gasteiger partial charge in [-0.05, 0) is 44.2 Å². The van der Waals surface area contributed by atoms with Gasteiger partial charge in [0.2, 0.25) is 5.78 Å². The average Bonchev–Trinajstić information content (AvgIpc) is 3.21. The van der Waals surface area contributed by atoms with Crippen LogP contribution < -0.4 is 10.3 Å². The lowest BCUT2D eigenvalue weighted by molar-refractivity contribution is 0.414. The van der Waals surface area contributed by atoms with Crippen molar-refractivity contribution in [1.29, 1.82) is 0 Å². The second kappa shape index (κ2) is 8.12. The van der Waals surface area contributed by atoms with Crippen molar-refractivity contribution in [3.63, 3.8) is 0 Å². The van der Waals surface area contributed by atoms with Crippen molar-refractivity contribution in [3.8, 4) is 11.4 Å². The van der Waals surface area contributed by atoms with Crippen molar-refractivity contribution < 1.29 is 4.74 Å². The quantitative estimate of drug-likeness (QED) is 0.297. The third-order valence-electron chi connectivity index (χ3n) is 5.22. The van der Waals surface area contributed by atoms with Gasteiger partial charge in [0.1, 0.15) is 5.75 Å². The molecule has 0 radical (unpaired) electrons. The van der Waals surface area contributed by atoms with E-state index in [1.54, 1.807) is 17.7 Å². The zero-order valence-electron chi connectivity index (χ0n) is 17.9. The lowest BCUT2D eigenvalue weighted by Crippen LogP contribution is -2.21. The van der Waals surface area contributed by atoms with E-state index in [-0.39, 0.29) is 5.56 Å². The standard InChI is InChI=1S/C24H21N5O2S/c1-15-11-16(2)28-13-17(26-23(28)25-15)14-32-24-27-21-10-5-4-9-20(21)22(30)29(24)18-7-6-8-19(12-18)31-3/h4-13H,14H2,1-3H3. The molecular weight excluding hydrogens is 422 g/mol. The van der Waals surface area contributed by atoms with Gasteiger partial charge in [-0.2, -0.15) is 0 Å². The van der Waals surface area contributed by atoms with Crippen molar-refractivity contribution in [2.24, 2.45) is 0 Å². The van der Waals surface area contributed by atoms with Gasteiger partial charge in [-0.15, -0.1) is 0 Å². The van der Waals surface area contributed by atoms with Crippen LogP contribution in [0.4, 0.5) is 0 Å². The fourth-order valence-electron chi connectivity index (χ4n) is 3.71. The smallest absolute Gasteiger partial charge is 0.266 e. The zero-order chi connectivity index (χ0) is 22.2. The molecular formula is C24H21N5O2S. The Hall–Kier alpha value is -3.65. The third kappa shape index (κ3) is 3.62. The summed E-state index contributed by atoms with van der Waals surface area (Å²) in [5, 5.41) is 1.17. The summed E-state index contributed by atoms with van der Waals surface area (Å²) < 4.78 is 8.98. The molecule has 160 valence electrons. The maximum Gasteiger partial charge on any atom is 0.266 e. The van der Waals surface area contributed by atoms with Crippen LogP contribution in [0.1, 0.15) is 17.1 Å². The third-order valence-corrected chi connectivity index (χ3v) is 6.19. The topological polar surface area (TPSA) is 74.3 Å². The number of para-hydroxylation sites is 1. The number of aromatic nitrogens is 5. The molecule has 3 aromatic heterocycles. The number of imidazole rings is 1. The Labute approximate surface area is 188 Å². The lowest BCUT2D eigenvalue weighted by atomic mass is 10.2. The molecule has 0 N–H and O–H groups in total. The van der Waals surface area contributed by atoms with E-state index >= 15 is 0 Å². The second-order valence-electron chi connectivity index (χ2n) is 7.48. The summed E-state index contributed by atoms with van der Waals surface area (Å²) in [4.78, 5) is 27.4. The fourth-order valence-corrected chi connectivity index (χ4v) is 4.61. The predicted molar refractivity (Wildman–Crippen MR) is 126 cm³/mol. The monoisotopic (exact) mass is 443 g/mol. The van der Waals surface area contributed by atoms with Crippen LogP contribution >= 0.6 is 11.8 Å². The fraction of sp³-hybridized carbons (Fsp3) is 0.167. The SMILES string of the molecule is COc1cccc(-n2c(SCc3cn4c(C)cc(C)nc4n3)nc3ccccc3c2=O)c1. The molecule has 7 nitrogen and oxygen atoms in total. The van der Waals surface area contributed by atoms with E-state index in [9.17, 15) is 4.79 Å². The van der Waals surface area contributed by atoms with Gasteiger partial charge < -0.3 is 4.74 Å². The van der Waals surface area contributed by atoms with Gasteiger partial charge in [0.15, 0.2) is 5.16 Å². The van der Waals surface area contributed by atoms with Gasteiger partial charge in [0.05, 0.1) is 29.4 Å². The molecule has 0 spiro atoms. The highest BCUT2D eigenvalue weighted by molar-refractivity contribution is 7.98. The number of hydrogen-bond acceptors (Lipinski definition) is 6. The van der Waals surface area contributed by atoms with Gasteiger partial charge in [-0.25, -0.2) is 15.0 Å². The van der Waals surface area contributed by atoms with Crippen LogP contribution in [0.2, 0.25) is 0 Å². The summed E-state index contributed by atoms with van der Waals surface area (Å²) in [7, 11) is 1.61. The second-order valence-corrected chi connectivity index (χ2v) is 8.43. The first kappa shape index (κ1) is 20.3. The molecule has 0 bridgehead atoms. The normalized spacial score (nSPS) is 11.3. The summed E-state index contributed by atoms with van der Waals surface area (Å²) in [6.45, 7) is 3.99. The number of fused-ring (bicyclic) bond motifs is 2. The van der Waals surface area contributed by atoms with Crippen LogP contribution in [0.25, 0.3) is 22.4 Å². The minimum absolute atomic E-state index is 0.116. The minimum atomic E-state index is -0.116. The van der Waals surface area contributed by atoms with E-state index in [1.165, 1.54) is 11.8 Å². The number of methoxy groups -OCH3 is 1. The highest BCUT2D eigenvalue weighted by Crippen LogP contribution is 2.26. The molecule has 2 aromatic carbocycles. The molecule has 8 heteroatoms. The Morgan fingerprint density at radius 1 is 1.00 bits per heavy atom. The molecule has 0 fully saturated rings. The molecule has 0 aliphatic carbocycles. The van der Waals surface area contributed by atoms with E-state index in [0.717, 1.165) is 17.1 Å². The average molecular weight is 444 g/mol. The van der Waals surface area contributed by atoms with Gasteiger partial charge in [-0.3, -0.25) is 13.8 Å².